The zero-order valence-corrected chi connectivity index (χ0v) is 13.8. The first-order valence-corrected chi connectivity index (χ1v) is 8.00. The number of halogens is 3. The Morgan fingerprint density at radius 2 is 1.92 bits per heavy atom. The molecule has 140 valence electrons. The summed E-state index contributed by atoms with van der Waals surface area (Å²) in [4.78, 5) is 22.4. The molecule has 0 fully saturated rings. The van der Waals surface area contributed by atoms with E-state index in [2.05, 4.69) is 10.4 Å². The minimum absolute atomic E-state index is 0.0907. The maximum absolute atomic E-state index is 12.8. The Morgan fingerprint density at radius 1 is 1.15 bits per heavy atom. The first-order valence-electron chi connectivity index (χ1n) is 8.00. The Labute approximate surface area is 147 Å². The molecule has 0 aliphatic rings. The number of nitrogens with zero attached hydrogens (tertiary/aromatic N) is 2. The van der Waals surface area contributed by atoms with E-state index in [9.17, 15) is 22.8 Å². The van der Waals surface area contributed by atoms with Gasteiger partial charge in [-0.25, -0.2) is 4.68 Å². The minimum atomic E-state index is -4.45. The van der Waals surface area contributed by atoms with E-state index in [-0.39, 0.29) is 17.8 Å². The van der Waals surface area contributed by atoms with Crippen LogP contribution in [0.1, 0.15) is 41.7 Å². The summed E-state index contributed by atoms with van der Waals surface area (Å²) in [6.07, 6.45) is -1.11. The summed E-state index contributed by atoms with van der Waals surface area (Å²) in [6, 6.07) is 6.07. The molecular weight excluding hydrogens is 351 g/mol. The number of hydrogen-bond acceptors (Lipinski definition) is 3. The third-order valence-electron chi connectivity index (χ3n) is 3.61. The van der Waals surface area contributed by atoms with Crippen LogP contribution in [0.3, 0.4) is 0 Å². The third-order valence-corrected chi connectivity index (χ3v) is 3.61. The van der Waals surface area contributed by atoms with Gasteiger partial charge in [0.1, 0.15) is 0 Å². The zero-order chi connectivity index (χ0) is 19.2. The van der Waals surface area contributed by atoms with Crippen LogP contribution in [0, 0.1) is 0 Å². The molecule has 1 aromatic heterocycles. The second-order valence-electron chi connectivity index (χ2n) is 5.65. The van der Waals surface area contributed by atoms with Crippen molar-refractivity contribution in [2.24, 2.45) is 0 Å². The number of amides is 1. The van der Waals surface area contributed by atoms with Crippen molar-refractivity contribution in [1.29, 1.82) is 0 Å². The van der Waals surface area contributed by atoms with E-state index in [1.165, 1.54) is 29.1 Å². The van der Waals surface area contributed by atoms with Crippen molar-refractivity contribution in [2.75, 3.05) is 6.54 Å². The van der Waals surface area contributed by atoms with E-state index in [1.807, 2.05) is 0 Å². The Bertz CT molecular complexity index is 772. The molecule has 0 saturated carbocycles. The molecule has 0 bridgehead atoms. The van der Waals surface area contributed by atoms with E-state index >= 15 is 0 Å². The summed E-state index contributed by atoms with van der Waals surface area (Å²) in [5.41, 5.74) is -0.502. The molecule has 0 atom stereocenters. The Morgan fingerprint density at radius 3 is 2.62 bits per heavy atom. The summed E-state index contributed by atoms with van der Waals surface area (Å²) in [5.74, 6) is -1.29. The number of rotatable bonds is 8. The lowest BCUT2D eigenvalue weighted by Crippen LogP contribution is -2.25. The second-order valence-corrected chi connectivity index (χ2v) is 5.65. The van der Waals surface area contributed by atoms with Crippen LogP contribution in [0.4, 0.5) is 13.2 Å². The molecule has 0 aliphatic heterocycles. The molecule has 0 aliphatic carbocycles. The van der Waals surface area contributed by atoms with Gasteiger partial charge in [0.2, 0.25) is 0 Å². The van der Waals surface area contributed by atoms with Crippen LogP contribution in [0.15, 0.2) is 36.5 Å². The molecule has 0 spiro atoms. The highest BCUT2D eigenvalue weighted by Gasteiger charge is 2.30. The van der Waals surface area contributed by atoms with Crippen LogP contribution in [0.5, 0.6) is 0 Å². The van der Waals surface area contributed by atoms with Crippen LogP contribution < -0.4 is 5.32 Å². The number of carboxylic acids is 1. The van der Waals surface area contributed by atoms with Crippen molar-refractivity contribution >= 4 is 11.9 Å². The van der Waals surface area contributed by atoms with Crippen molar-refractivity contribution in [2.45, 2.75) is 31.9 Å². The van der Waals surface area contributed by atoms with Gasteiger partial charge in [0.15, 0.2) is 5.69 Å². The molecule has 1 heterocycles. The molecule has 6 nitrogen and oxygen atoms in total. The fourth-order valence-corrected chi connectivity index (χ4v) is 2.28. The summed E-state index contributed by atoms with van der Waals surface area (Å²) in [7, 11) is 0. The average molecular weight is 369 g/mol. The number of alkyl halides is 3. The molecule has 9 heteroatoms. The number of aliphatic carboxylic acids is 1. The van der Waals surface area contributed by atoms with Gasteiger partial charge in [-0.05, 0) is 37.1 Å². The molecule has 2 N–H and O–H groups in total. The van der Waals surface area contributed by atoms with Crippen molar-refractivity contribution in [1.82, 2.24) is 15.1 Å². The largest absolute Gasteiger partial charge is 0.481 e. The van der Waals surface area contributed by atoms with Crippen LogP contribution in [0.2, 0.25) is 0 Å². The molecule has 0 radical (unpaired) electrons. The normalized spacial score (nSPS) is 11.3. The molecular formula is C17H18F3N3O3. The van der Waals surface area contributed by atoms with Crippen LogP contribution in [-0.2, 0) is 11.0 Å². The monoisotopic (exact) mass is 369 g/mol. The Balaban J connectivity index is 1.91. The topological polar surface area (TPSA) is 84.2 Å². The van der Waals surface area contributed by atoms with Gasteiger partial charge < -0.3 is 10.4 Å². The summed E-state index contributed by atoms with van der Waals surface area (Å²) >= 11 is 0. The number of nitrogens with one attached hydrogen (secondary N) is 1. The highest BCUT2D eigenvalue weighted by atomic mass is 19.4. The van der Waals surface area contributed by atoms with E-state index in [1.54, 1.807) is 0 Å². The molecule has 2 aromatic rings. The van der Waals surface area contributed by atoms with Crippen molar-refractivity contribution < 1.29 is 27.9 Å². The van der Waals surface area contributed by atoms with Gasteiger partial charge in [0.25, 0.3) is 5.91 Å². The molecule has 2 rings (SSSR count). The van der Waals surface area contributed by atoms with Crippen molar-refractivity contribution in [3.8, 4) is 5.69 Å². The second kappa shape index (κ2) is 8.50. The summed E-state index contributed by atoms with van der Waals surface area (Å²) < 4.78 is 39.5. The third kappa shape index (κ3) is 5.61. The summed E-state index contributed by atoms with van der Waals surface area (Å²) in [6.45, 7) is 0.370. The van der Waals surface area contributed by atoms with Gasteiger partial charge in [-0.2, -0.15) is 18.3 Å². The first-order chi connectivity index (χ1) is 12.3. The highest BCUT2D eigenvalue weighted by molar-refractivity contribution is 5.92. The fourth-order valence-electron chi connectivity index (χ4n) is 2.28. The van der Waals surface area contributed by atoms with Gasteiger partial charge in [0, 0.05) is 19.2 Å². The lowest BCUT2D eigenvalue weighted by Gasteiger charge is -2.08. The lowest BCUT2D eigenvalue weighted by atomic mass is 10.2. The zero-order valence-electron chi connectivity index (χ0n) is 13.8. The Hall–Kier alpha value is -2.84. The lowest BCUT2D eigenvalue weighted by molar-refractivity contribution is -0.138. The van der Waals surface area contributed by atoms with E-state index in [0.29, 0.717) is 25.8 Å². The molecule has 0 unspecified atom stereocenters. The minimum Gasteiger partial charge on any atom is -0.481 e. The Kier molecular flexibility index (Phi) is 6.37. The van der Waals surface area contributed by atoms with Gasteiger partial charge in [-0.3, -0.25) is 9.59 Å². The average Bonchev–Trinajstić information content (AvgIpc) is 3.07. The predicted molar refractivity (Wildman–Crippen MR) is 87.0 cm³/mol. The van der Waals surface area contributed by atoms with Gasteiger partial charge in [0.05, 0.1) is 11.3 Å². The molecule has 1 amide bonds. The van der Waals surface area contributed by atoms with E-state index in [4.69, 9.17) is 5.11 Å². The van der Waals surface area contributed by atoms with E-state index < -0.39 is 23.6 Å². The number of unbranched alkanes of at least 4 members (excludes halogenated alkanes) is 2. The fraction of sp³-hybridized carbons (Fsp3) is 0.353. The number of benzene rings is 1. The number of aromatic nitrogens is 2. The molecule has 26 heavy (non-hydrogen) atoms. The number of carboxylic acid groups (broad SMARTS) is 1. The van der Waals surface area contributed by atoms with Gasteiger partial charge in [-0.15, -0.1) is 0 Å². The molecule has 0 saturated heterocycles. The highest BCUT2D eigenvalue weighted by Crippen LogP contribution is 2.30. The van der Waals surface area contributed by atoms with Crippen LogP contribution in [0.25, 0.3) is 5.69 Å². The van der Waals surface area contributed by atoms with Crippen LogP contribution >= 0.6 is 0 Å². The number of carbonyl (C=O) groups excluding carboxylic acids is 1. The van der Waals surface area contributed by atoms with Crippen molar-refractivity contribution in [3.63, 3.8) is 0 Å². The SMILES string of the molecule is O=C(O)CCCCCNC(=O)c1ccn(-c2cccc(C(F)(F)F)c2)n1. The van der Waals surface area contributed by atoms with Crippen molar-refractivity contribution in [3.05, 3.63) is 47.8 Å². The summed E-state index contributed by atoms with van der Waals surface area (Å²) in [5, 5.41) is 15.2. The number of carbonyl (C=O) groups is 2. The smallest absolute Gasteiger partial charge is 0.416 e. The van der Waals surface area contributed by atoms with Crippen LogP contribution in [-0.4, -0.2) is 33.3 Å². The van der Waals surface area contributed by atoms with E-state index in [0.717, 1.165) is 12.1 Å². The number of hydrogen-bond donors (Lipinski definition) is 2. The van der Waals surface area contributed by atoms with Gasteiger partial charge in [-0.1, -0.05) is 12.5 Å². The standard InChI is InChI=1S/C17H18F3N3O3/c18-17(19,20)12-5-4-6-13(11-12)23-10-8-14(22-23)16(26)21-9-3-1-2-7-15(24)25/h4-6,8,10-11H,1-3,7,9H2,(H,21,26)(H,24,25). The molecule has 1 aromatic carbocycles. The van der Waals surface area contributed by atoms with Gasteiger partial charge >= 0.3 is 12.1 Å². The first kappa shape index (κ1) is 19.5. The predicted octanol–water partition coefficient (Wildman–Crippen LogP) is 3.27. The maximum Gasteiger partial charge on any atom is 0.416 e. The maximum atomic E-state index is 12.8. The quantitative estimate of drug-likeness (QED) is 0.700.